The van der Waals surface area contributed by atoms with Gasteiger partial charge < -0.3 is 0 Å². The maximum Gasteiger partial charge on any atom is 0.268 e. The SMILES string of the molecule is CCN1C(=O)c2ccccc2S1(=O)=O. The van der Waals surface area contributed by atoms with Crippen molar-refractivity contribution >= 4 is 15.9 Å². The van der Waals surface area contributed by atoms with Crippen LogP contribution in [0.5, 0.6) is 0 Å². The summed E-state index contributed by atoms with van der Waals surface area (Å²) in [5, 5.41) is 0. The highest BCUT2D eigenvalue weighted by atomic mass is 32.2. The van der Waals surface area contributed by atoms with Gasteiger partial charge in [-0.3, -0.25) is 4.79 Å². The molecular formula is C9H9NO3S. The molecule has 0 aliphatic carbocycles. The van der Waals surface area contributed by atoms with Crippen LogP contribution in [0, 0.1) is 0 Å². The van der Waals surface area contributed by atoms with E-state index in [1.165, 1.54) is 12.1 Å². The number of benzene rings is 1. The number of amides is 1. The molecular weight excluding hydrogens is 202 g/mol. The van der Waals surface area contributed by atoms with Crippen molar-refractivity contribution in [3.63, 3.8) is 0 Å². The first-order valence-corrected chi connectivity index (χ1v) is 5.69. The average molecular weight is 211 g/mol. The summed E-state index contributed by atoms with van der Waals surface area (Å²) in [4.78, 5) is 11.7. The largest absolute Gasteiger partial charge is 0.268 e. The molecule has 1 aliphatic heterocycles. The number of carbonyl (C=O) groups is 1. The van der Waals surface area contributed by atoms with E-state index in [0.29, 0.717) is 0 Å². The van der Waals surface area contributed by atoms with Crippen molar-refractivity contribution in [1.29, 1.82) is 0 Å². The zero-order valence-corrected chi connectivity index (χ0v) is 8.41. The van der Waals surface area contributed by atoms with E-state index in [9.17, 15) is 13.2 Å². The molecule has 0 atom stereocenters. The lowest BCUT2D eigenvalue weighted by Crippen LogP contribution is -2.29. The van der Waals surface area contributed by atoms with Crippen molar-refractivity contribution in [2.75, 3.05) is 6.54 Å². The highest BCUT2D eigenvalue weighted by molar-refractivity contribution is 7.90. The quantitative estimate of drug-likeness (QED) is 0.692. The molecule has 0 unspecified atom stereocenters. The monoisotopic (exact) mass is 211 g/mol. The van der Waals surface area contributed by atoms with Crippen LogP contribution in [0.4, 0.5) is 0 Å². The van der Waals surface area contributed by atoms with Gasteiger partial charge in [0.05, 0.1) is 5.56 Å². The topological polar surface area (TPSA) is 54.5 Å². The van der Waals surface area contributed by atoms with Gasteiger partial charge in [-0.2, -0.15) is 0 Å². The lowest BCUT2D eigenvalue weighted by Gasteiger charge is -2.10. The number of carbonyl (C=O) groups excluding carboxylic acids is 1. The van der Waals surface area contributed by atoms with Crippen LogP contribution in [-0.4, -0.2) is 25.2 Å². The minimum absolute atomic E-state index is 0.117. The normalized spacial score (nSPS) is 18.4. The van der Waals surface area contributed by atoms with Gasteiger partial charge in [-0.1, -0.05) is 12.1 Å². The summed E-state index contributed by atoms with van der Waals surface area (Å²) in [6, 6.07) is 6.26. The van der Waals surface area contributed by atoms with Gasteiger partial charge in [0.1, 0.15) is 4.90 Å². The fourth-order valence-corrected chi connectivity index (χ4v) is 3.12. The molecule has 1 aromatic carbocycles. The van der Waals surface area contributed by atoms with E-state index in [-0.39, 0.29) is 17.0 Å². The van der Waals surface area contributed by atoms with Crippen molar-refractivity contribution in [3.8, 4) is 0 Å². The Hall–Kier alpha value is -1.36. The zero-order chi connectivity index (χ0) is 10.3. The summed E-state index contributed by atoms with van der Waals surface area (Å²) in [5.74, 6) is -0.428. The van der Waals surface area contributed by atoms with Crippen molar-refractivity contribution < 1.29 is 13.2 Å². The van der Waals surface area contributed by atoms with E-state index in [2.05, 4.69) is 0 Å². The van der Waals surface area contributed by atoms with E-state index < -0.39 is 15.9 Å². The van der Waals surface area contributed by atoms with E-state index in [4.69, 9.17) is 0 Å². The van der Waals surface area contributed by atoms with Gasteiger partial charge in [0.15, 0.2) is 0 Å². The number of nitrogens with zero attached hydrogens (tertiary/aromatic N) is 1. The standard InChI is InChI=1S/C9H9NO3S/c1-2-10-9(11)7-5-3-4-6-8(7)14(10,12)13/h3-6H,2H2,1H3. The number of hydrogen-bond acceptors (Lipinski definition) is 3. The third-order valence-electron chi connectivity index (χ3n) is 2.20. The lowest BCUT2D eigenvalue weighted by atomic mass is 10.2. The minimum Gasteiger partial charge on any atom is -0.268 e. The molecule has 1 aromatic rings. The van der Waals surface area contributed by atoms with Gasteiger partial charge in [-0.25, -0.2) is 12.7 Å². The molecule has 1 aliphatic rings. The van der Waals surface area contributed by atoms with Crippen LogP contribution in [0.25, 0.3) is 0 Å². The van der Waals surface area contributed by atoms with Gasteiger partial charge in [0, 0.05) is 6.54 Å². The number of hydrogen-bond donors (Lipinski definition) is 0. The molecule has 0 saturated heterocycles. The molecule has 0 aromatic heterocycles. The Balaban J connectivity index is 2.74. The smallest absolute Gasteiger partial charge is 0.268 e. The molecule has 74 valence electrons. The van der Waals surface area contributed by atoms with Crippen LogP contribution in [0.2, 0.25) is 0 Å². The molecule has 1 heterocycles. The molecule has 0 saturated carbocycles. The summed E-state index contributed by atoms with van der Waals surface area (Å²) in [7, 11) is -3.56. The summed E-state index contributed by atoms with van der Waals surface area (Å²) < 4.78 is 24.3. The van der Waals surface area contributed by atoms with Crippen LogP contribution >= 0.6 is 0 Å². The zero-order valence-electron chi connectivity index (χ0n) is 7.60. The number of sulfonamides is 1. The molecule has 0 fully saturated rings. The predicted molar refractivity (Wildman–Crippen MR) is 50.3 cm³/mol. The highest BCUT2D eigenvalue weighted by Crippen LogP contribution is 2.29. The summed E-state index contributed by atoms with van der Waals surface area (Å²) in [5.41, 5.74) is 0.273. The van der Waals surface area contributed by atoms with Crippen LogP contribution < -0.4 is 0 Å². The molecule has 0 bridgehead atoms. The molecule has 1 amide bonds. The second-order valence-corrected chi connectivity index (χ2v) is 4.80. The molecule has 14 heavy (non-hydrogen) atoms. The van der Waals surface area contributed by atoms with E-state index in [1.54, 1.807) is 19.1 Å². The first-order chi connectivity index (χ1) is 6.59. The molecule has 0 N–H and O–H groups in total. The fraction of sp³-hybridized carbons (Fsp3) is 0.222. The Bertz CT molecular complexity index is 493. The number of rotatable bonds is 1. The van der Waals surface area contributed by atoms with Crippen molar-refractivity contribution in [1.82, 2.24) is 4.31 Å². The summed E-state index contributed by atoms with van der Waals surface area (Å²) >= 11 is 0. The second kappa shape index (κ2) is 2.81. The van der Waals surface area contributed by atoms with Gasteiger partial charge >= 0.3 is 0 Å². The van der Waals surface area contributed by atoms with E-state index >= 15 is 0 Å². The first kappa shape index (κ1) is 9.21. The van der Waals surface area contributed by atoms with Crippen LogP contribution in [0.3, 0.4) is 0 Å². The first-order valence-electron chi connectivity index (χ1n) is 4.25. The summed E-state index contributed by atoms with van der Waals surface area (Å²) in [6.45, 7) is 1.82. The fourth-order valence-electron chi connectivity index (χ4n) is 1.54. The van der Waals surface area contributed by atoms with E-state index in [0.717, 1.165) is 4.31 Å². The van der Waals surface area contributed by atoms with Crippen LogP contribution in [-0.2, 0) is 10.0 Å². The molecule has 0 radical (unpaired) electrons. The predicted octanol–water partition coefficient (Wildman–Crippen LogP) is 0.851. The molecule has 2 rings (SSSR count). The van der Waals surface area contributed by atoms with Gasteiger partial charge in [-0.05, 0) is 19.1 Å². The third kappa shape index (κ3) is 0.988. The Kier molecular flexibility index (Phi) is 1.85. The van der Waals surface area contributed by atoms with Crippen LogP contribution in [0.1, 0.15) is 17.3 Å². The molecule has 5 heteroatoms. The Morgan fingerprint density at radius 3 is 2.50 bits per heavy atom. The number of fused-ring (bicyclic) bond motifs is 1. The van der Waals surface area contributed by atoms with Gasteiger partial charge in [0.2, 0.25) is 0 Å². The average Bonchev–Trinajstić information content (AvgIpc) is 2.36. The maximum atomic E-state index is 11.7. The molecule has 4 nitrogen and oxygen atoms in total. The van der Waals surface area contributed by atoms with Crippen molar-refractivity contribution in [2.45, 2.75) is 11.8 Å². The maximum absolute atomic E-state index is 11.7. The van der Waals surface area contributed by atoms with Crippen molar-refractivity contribution in [3.05, 3.63) is 29.8 Å². The van der Waals surface area contributed by atoms with Gasteiger partial charge in [-0.15, -0.1) is 0 Å². The van der Waals surface area contributed by atoms with Crippen molar-refractivity contribution in [2.24, 2.45) is 0 Å². The second-order valence-electron chi connectivity index (χ2n) is 2.97. The molecule has 0 spiro atoms. The third-order valence-corrected chi connectivity index (χ3v) is 4.12. The Morgan fingerprint density at radius 1 is 1.29 bits per heavy atom. The lowest BCUT2D eigenvalue weighted by molar-refractivity contribution is 0.0876. The Labute approximate surface area is 82.2 Å². The van der Waals surface area contributed by atoms with Crippen LogP contribution in [0.15, 0.2) is 29.2 Å². The summed E-state index contributed by atoms with van der Waals surface area (Å²) in [6.07, 6.45) is 0. The Morgan fingerprint density at radius 2 is 1.93 bits per heavy atom. The minimum atomic E-state index is -3.56. The highest BCUT2D eigenvalue weighted by Gasteiger charge is 2.39. The van der Waals surface area contributed by atoms with Gasteiger partial charge in [0.25, 0.3) is 15.9 Å². The van der Waals surface area contributed by atoms with E-state index in [1.807, 2.05) is 0 Å².